The van der Waals surface area contributed by atoms with Gasteiger partial charge in [-0.3, -0.25) is 9.69 Å². The van der Waals surface area contributed by atoms with E-state index in [0.717, 1.165) is 44.7 Å². The van der Waals surface area contributed by atoms with Crippen LogP contribution in [0.1, 0.15) is 32.3 Å². The molecule has 1 atom stereocenters. The fourth-order valence-corrected chi connectivity index (χ4v) is 3.83. The third-order valence-electron chi connectivity index (χ3n) is 5.56. The summed E-state index contributed by atoms with van der Waals surface area (Å²) in [5.74, 6) is 1.74. The van der Waals surface area contributed by atoms with Crippen molar-refractivity contribution in [1.82, 2.24) is 10.2 Å². The number of methoxy groups -OCH3 is 1. The van der Waals surface area contributed by atoms with E-state index in [1.54, 1.807) is 25.3 Å². The Bertz CT molecular complexity index is 694. The van der Waals surface area contributed by atoms with E-state index in [1.807, 2.05) is 18.2 Å². The van der Waals surface area contributed by atoms with Crippen LogP contribution >= 0.6 is 0 Å². The van der Waals surface area contributed by atoms with Gasteiger partial charge >= 0.3 is 0 Å². The van der Waals surface area contributed by atoms with E-state index in [-0.39, 0.29) is 5.91 Å². The lowest BCUT2D eigenvalue weighted by atomic mass is 9.92. The van der Waals surface area contributed by atoms with Gasteiger partial charge in [0, 0.05) is 31.8 Å². The fourth-order valence-electron chi connectivity index (χ4n) is 3.83. The van der Waals surface area contributed by atoms with Gasteiger partial charge in [-0.2, -0.15) is 0 Å². The van der Waals surface area contributed by atoms with Crippen molar-refractivity contribution >= 4 is 12.0 Å². The first-order valence-electron chi connectivity index (χ1n) is 10.8. The lowest BCUT2D eigenvalue weighted by Crippen LogP contribution is -2.51. The van der Waals surface area contributed by atoms with Crippen LogP contribution in [0.2, 0.25) is 0 Å². The third kappa shape index (κ3) is 7.18. The first kappa shape index (κ1) is 24.0. The lowest BCUT2D eigenvalue weighted by molar-refractivity contribution is -0.116. The summed E-state index contributed by atoms with van der Waals surface area (Å²) >= 11 is 0. The van der Waals surface area contributed by atoms with Gasteiger partial charge in [0.2, 0.25) is 5.91 Å². The molecule has 1 aromatic rings. The smallest absolute Gasteiger partial charge is 0.244 e. The average molecular weight is 417 g/mol. The molecule has 0 aliphatic carbocycles. The molecule has 2 rings (SSSR count). The van der Waals surface area contributed by atoms with E-state index in [1.165, 1.54) is 0 Å². The molecule has 0 aromatic heterocycles. The van der Waals surface area contributed by atoms with Gasteiger partial charge in [0.15, 0.2) is 11.5 Å². The zero-order valence-electron chi connectivity index (χ0n) is 18.6. The number of carbonyl (C=O) groups excluding carboxylic acids is 1. The molecule has 1 N–H and O–H groups in total. The molecule has 1 aromatic carbocycles. The maximum atomic E-state index is 12.5. The number of nitrogens with zero attached hydrogens (tertiary/aromatic N) is 1. The number of morpholine rings is 1. The van der Waals surface area contributed by atoms with E-state index < -0.39 is 0 Å². The van der Waals surface area contributed by atoms with Crippen molar-refractivity contribution in [2.75, 3.05) is 46.6 Å². The van der Waals surface area contributed by atoms with Gasteiger partial charge in [-0.15, -0.1) is 0 Å². The zero-order valence-corrected chi connectivity index (χ0v) is 18.6. The Labute approximate surface area is 180 Å². The van der Waals surface area contributed by atoms with Crippen molar-refractivity contribution in [3.8, 4) is 11.5 Å². The second kappa shape index (κ2) is 13.1. The van der Waals surface area contributed by atoms with Crippen molar-refractivity contribution in [2.24, 2.45) is 5.92 Å². The molecule has 1 heterocycles. The highest BCUT2D eigenvalue weighted by atomic mass is 16.5. The molecule has 6 heteroatoms. The summed E-state index contributed by atoms with van der Waals surface area (Å²) in [7, 11) is 1.60. The monoisotopic (exact) mass is 416 g/mol. The molecule has 6 nitrogen and oxygen atoms in total. The largest absolute Gasteiger partial charge is 0.493 e. The van der Waals surface area contributed by atoms with Crippen LogP contribution in [0, 0.1) is 5.92 Å². The quantitative estimate of drug-likeness (QED) is 0.417. The molecule has 1 unspecified atom stereocenters. The maximum Gasteiger partial charge on any atom is 0.244 e. The summed E-state index contributed by atoms with van der Waals surface area (Å²) in [4.78, 5) is 14.9. The molecule has 0 bridgehead atoms. The summed E-state index contributed by atoms with van der Waals surface area (Å²) in [5, 5.41) is 3.09. The van der Waals surface area contributed by atoms with Crippen LogP contribution < -0.4 is 14.8 Å². The number of amides is 1. The van der Waals surface area contributed by atoms with Crippen LogP contribution in [0.4, 0.5) is 0 Å². The van der Waals surface area contributed by atoms with Gasteiger partial charge in [-0.05, 0) is 29.7 Å². The number of nitrogens with one attached hydrogen (secondary N) is 1. The number of benzene rings is 1. The van der Waals surface area contributed by atoms with Crippen molar-refractivity contribution in [3.05, 3.63) is 42.5 Å². The van der Waals surface area contributed by atoms with Gasteiger partial charge in [0.1, 0.15) is 6.61 Å². The van der Waals surface area contributed by atoms with Gasteiger partial charge in [-0.25, -0.2) is 0 Å². The number of hydrogen-bond donors (Lipinski definition) is 1. The topological polar surface area (TPSA) is 60.0 Å². The van der Waals surface area contributed by atoms with Crippen LogP contribution in [0.3, 0.4) is 0 Å². The second-order valence-corrected chi connectivity index (χ2v) is 7.38. The van der Waals surface area contributed by atoms with Crippen LogP contribution in [-0.2, 0) is 9.53 Å². The number of hydrogen-bond acceptors (Lipinski definition) is 5. The molecule has 0 saturated carbocycles. The van der Waals surface area contributed by atoms with E-state index >= 15 is 0 Å². The first-order valence-corrected chi connectivity index (χ1v) is 10.8. The minimum atomic E-state index is -0.0924. The van der Waals surface area contributed by atoms with Crippen LogP contribution in [0.25, 0.3) is 6.08 Å². The second-order valence-electron chi connectivity index (χ2n) is 7.38. The highest BCUT2D eigenvalue weighted by Gasteiger charge is 2.27. The van der Waals surface area contributed by atoms with Crippen molar-refractivity contribution in [3.63, 3.8) is 0 Å². The Morgan fingerprint density at radius 2 is 2.00 bits per heavy atom. The third-order valence-corrected chi connectivity index (χ3v) is 5.56. The maximum absolute atomic E-state index is 12.5. The van der Waals surface area contributed by atoms with Gasteiger partial charge < -0.3 is 19.5 Å². The molecule has 1 aliphatic rings. The van der Waals surface area contributed by atoms with Gasteiger partial charge in [-0.1, -0.05) is 45.4 Å². The average Bonchev–Trinajstić information content (AvgIpc) is 2.79. The van der Waals surface area contributed by atoms with E-state index in [4.69, 9.17) is 14.2 Å². The first-order chi connectivity index (χ1) is 14.6. The molecular formula is C24H36N2O4. The van der Waals surface area contributed by atoms with E-state index in [2.05, 4.69) is 30.6 Å². The van der Waals surface area contributed by atoms with Gasteiger partial charge in [0.05, 0.1) is 20.3 Å². The SMILES string of the molecule is C=CCOc1ccc(/C=C/C(=O)NCC(C(CC)CC)N2CCOCC2)cc1OC. The van der Waals surface area contributed by atoms with Crippen molar-refractivity contribution in [2.45, 2.75) is 32.7 Å². The summed E-state index contributed by atoms with van der Waals surface area (Å²) < 4.78 is 16.4. The molecule has 30 heavy (non-hydrogen) atoms. The van der Waals surface area contributed by atoms with Crippen LogP contribution in [0.5, 0.6) is 11.5 Å². The Balaban J connectivity index is 1.97. The minimum absolute atomic E-state index is 0.0924. The minimum Gasteiger partial charge on any atom is -0.493 e. The number of carbonyl (C=O) groups is 1. The molecule has 166 valence electrons. The summed E-state index contributed by atoms with van der Waals surface area (Å²) in [6.45, 7) is 12.5. The van der Waals surface area contributed by atoms with Crippen molar-refractivity contribution in [1.29, 1.82) is 0 Å². The fraction of sp³-hybridized carbons (Fsp3) is 0.542. The van der Waals surface area contributed by atoms with Crippen molar-refractivity contribution < 1.29 is 19.0 Å². The van der Waals surface area contributed by atoms with E-state index in [9.17, 15) is 4.79 Å². The molecule has 0 radical (unpaired) electrons. The zero-order chi connectivity index (χ0) is 21.8. The molecule has 0 spiro atoms. The highest BCUT2D eigenvalue weighted by molar-refractivity contribution is 5.91. The Morgan fingerprint density at radius 3 is 2.63 bits per heavy atom. The summed E-state index contributed by atoms with van der Waals surface area (Å²) in [6, 6.07) is 5.91. The lowest BCUT2D eigenvalue weighted by Gasteiger charge is -2.38. The predicted octanol–water partition coefficient (Wildman–Crippen LogP) is 3.53. The molecule has 1 aliphatic heterocycles. The summed E-state index contributed by atoms with van der Waals surface area (Å²) in [5.41, 5.74) is 0.873. The van der Waals surface area contributed by atoms with Gasteiger partial charge in [0.25, 0.3) is 0 Å². The predicted molar refractivity (Wildman–Crippen MR) is 121 cm³/mol. The molecular weight excluding hydrogens is 380 g/mol. The Hall–Kier alpha value is -2.31. The van der Waals surface area contributed by atoms with Crippen LogP contribution in [-0.4, -0.2) is 63.4 Å². The molecule has 1 amide bonds. The van der Waals surface area contributed by atoms with Crippen LogP contribution in [0.15, 0.2) is 36.9 Å². The normalized spacial score (nSPS) is 15.9. The standard InChI is InChI=1S/C24H36N2O4/c1-5-14-30-22-10-8-19(17-23(22)28-4)9-11-24(27)25-18-21(20(6-2)7-3)26-12-15-29-16-13-26/h5,8-11,17,20-21H,1,6-7,12-16,18H2,2-4H3,(H,25,27)/b11-9+. The molecule has 1 fully saturated rings. The highest BCUT2D eigenvalue weighted by Crippen LogP contribution is 2.28. The summed E-state index contributed by atoms with van der Waals surface area (Å²) in [6.07, 6.45) is 7.25. The van der Waals surface area contributed by atoms with E-state index in [0.29, 0.717) is 36.6 Å². The number of rotatable bonds is 12. The Kier molecular flexibility index (Phi) is 10.5. The Morgan fingerprint density at radius 1 is 1.27 bits per heavy atom. The molecule has 1 saturated heterocycles. The number of ether oxygens (including phenoxy) is 3.